The lowest BCUT2D eigenvalue weighted by molar-refractivity contribution is 0.641. The van der Waals surface area contributed by atoms with Crippen molar-refractivity contribution in [2.75, 3.05) is 0 Å². The highest BCUT2D eigenvalue weighted by atomic mass is 14.3. The van der Waals surface area contributed by atoms with E-state index < -0.39 is 0 Å². The molecule has 0 heteroatoms. The van der Waals surface area contributed by atoms with Crippen LogP contribution in [0.15, 0.2) is 152 Å². The van der Waals surface area contributed by atoms with Gasteiger partial charge in [-0.1, -0.05) is 166 Å². The highest BCUT2D eigenvalue weighted by molar-refractivity contribution is 5.49. The molecule has 0 aromatic heterocycles. The van der Waals surface area contributed by atoms with Gasteiger partial charge in [0.05, 0.1) is 0 Å². The second-order valence-electron chi connectivity index (χ2n) is 9.58. The second-order valence-corrected chi connectivity index (χ2v) is 9.58. The molecule has 174 valence electrons. The van der Waals surface area contributed by atoms with Gasteiger partial charge in [0.15, 0.2) is 0 Å². The Kier molecular flexibility index (Phi) is 7.63. The van der Waals surface area contributed by atoms with E-state index >= 15 is 0 Å². The van der Waals surface area contributed by atoms with Crippen LogP contribution < -0.4 is 0 Å². The van der Waals surface area contributed by atoms with E-state index in [0.717, 1.165) is 0 Å². The van der Waals surface area contributed by atoms with Crippen LogP contribution in [0, 0.1) is 0 Å². The molecule has 0 bridgehead atoms. The third kappa shape index (κ3) is 5.44. The molecule has 5 aromatic carbocycles. The van der Waals surface area contributed by atoms with Crippen LogP contribution in [0.4, 0.5) is 0 Å². The summed E-state index contributed by atoms with van der Waals surface area (Å²) < 4.78 is 0. The van der Waals surface area contributed by atoms with Crippen LogP contribution in [0.25, 0.3) is 0 Å². The van der Waals surface area contributed by atoms with Crippen molar-refractivity contribution in [1.82, 2.24) is 0 Å². The first kappa shape index (κ1) is 24.2. The lowest BCUT2D eigenvalue weighted by atomic mass is 9.71. The summed E-state index contributed by atoms with van der Waals surface area (Å²) in [6, 6.07) is 53.4. The summed E-state index contributed by atoms with van der Waals surface area (Å²) in [5.74, 6) is 0. The van der Waals surface area contributed by atoms with E-state index in [9.17, 15) is 0 Å². The molecule has 0 nitrogen and oxygen atoms in total. The van der Waals surface area contributed by atoms with Crippen LogP contribution in [0.1, 0.15) is 48.6 Å². The molecule has 0 aliphatic rings. The lowest BCUT2D eigenvalue weighted by Gasteiger charge is -2.31. The van der Waals surface area contributed by atoms with Crippen molar-refractivity contribution in [3.63, 3.8) is 0 Å². The zero-order chi connectivity index (χ0) is 24.6. The standard InChI is InChI=1S/C20H18.C15H16/c1-20(17-11-5-2-6-12-17,18-13-7-3-8-14-18)19-15-9-4-10-16-19;1-15(2,13-9-5-3-6-10-13)14-11-7-4-8-12-14/h2-16H,1H3;3-12H,1-2H3. The second kappa shape index (κ2) is 11.0. The average molecular weight is 455 g/mol. The van der Waals surface area contributed by atoms with E-state index in [-0.39, 0.29) is 10.8 Å². The number of benzene rings is 5. The van der Waals surface area contributed by atoms with Crippen molar-refractivity contribution in [2.24, 2.45) is 0 Å². The van der Waals surface area contributed by atoms with Crippen LogP contribution >= 0.6 is 0 Å². The van der Waals surface area contributed by atoms with E-state index in [1.807, 2.05) is 0 Å². The molecule has 0 amide bonds. The molecule has 0 saturated heterocycles. The number of rotatable bonds is 5. The summed E-state index contributed by atoms with van der Waals surface area (Å²) in [6.07, 6.45) is 0. The molecular formula is C35H34. The fourth-order valence-corrected chi connectivity index (χ4v) is 4.69. The zero-order valence-corrected chi connectivity index (χ0v) is 20.9. The van der Waals surface area contributed by atoms with Crippen molar-refractivity contribution in [2.45, 2.75) is 31.6 Å². The summed E-state index contributed by atoms with van der Waals surface area (Å²) in [5, 5.41) is 0. The molecule has 5 rings (SSSR count). The van der Waals surface area contributed by atoms with Gasteiger partial charge in [-0.05, 0) is 34.7 Å². The van der Waals surface area contributed by atoms with Crippen molar-refractivity contribution in [3.8, 4) is 0 Å². The molecule has 0 radical (unpaired) electrons. The molecule has 0 aliphatic carbocycles. The first-order chi connectivity index (χ1) is 17.0. The summed E-state index contributed by atoms with van der Waals surface area (Å²) >= 11 is 0. The van der Waals surface area contributed by atoms with Crippen LogP contribution in [0.3, 0.4) is 0 Å². The van der Waals surface area contributed by atoms with Gasteiger partial charge in [-0.2, -0.15) is 0 Å². The van der Waals surface area contributed by atoms with E-state index in [2.05, 4.69) is 172 Å². The predicted molar refractivity (Wildman–Crippen MR) is 150 cm³/mol. The third-order valence-electron chi connectivity index (χ3n) is 7.04. The van der Waals surface area contributed by atoms with Gasteiger partial charge in [0, 0.05) is 10.8 Å². The monoisotopic (exact) mass is 454 g/mol. The summed E-state index contributed by atoms with van der Waals surface area (Å²) in [5.41, 5.74) is 6.63. The molecule has 5 aromatic rings. The number of hydrogen-bond donors (Lipinski definition) is 0. The van der Waals surface area contributed by atoms with Crippen molar-refractivity contribution in [3.05, 3.63) is 179 Å². The van der Waals surface area contributed by atoms with Gasteiger partial charge < -0.3 is 0 Å². The van der Waals surface area contributed by atoms with Gasteiger partial charge >= 0.3 is 0 Å². The van der Waals surface area contributed by atoms with Gasteiger partial charge in [-0.3, -0.25) is 0 Å². The maximum absolute atomic E-state index is 2.30. The summed E-state index contributed by atoms with van der Waals surface area (Å²) in [4.78, 5) is 0. The molecule has 0 N–H and O–H groups in total. The van der Waals surface area contributed by atoms with E-state index in [1.54, 1.807) is 0 Å². The average Bonchev–Trinajstić information content (AvgIpc) is 2.95. The molecule has 0 atom stereocenters. The minimum Gasteiger partial charge on any atom is -0.0622 e. The Hall–Kier alpha value is -3.90. The quantitative estimate of drug-likeness (QED) is 0.232. The summed E-state index contributed by atoms with van der Waals surface area (Å²) in [7, 11) is 0. The molecule has 35 heavy (non-hydrogen) atoms. The Balaban J connectivity index is 0.000000172. The van der Waals surface area contributed by atoms with Crippen LogP contribution in [0.2, 0.25) is 0 Å². The maximum atomic E-state index is 2.30. The largest absolute Gasteiger partial charge is 0.0622 e. The normalized spacial score (nSPS) is 11.3. The van der Waals surface area contributed by atoms with Gasteiger partial charge in [-0.15, -0.1) is 0 Å². The minimum absolute atomic E-state index is 0.0858. The van der Waals surface area contributed by atoms with E-state index in [0.29, 0.717) is 0 Å². The van der Waals surface area contributed by atoms with Gasteiger partial charge in [0.1, 0.15) is 0 Å². The van der Waals surface area contributed by atoms with Crippen LogP contribution in [-0.4, -0.2) is 0 Å². The summed E-state index contributed by atoms with van der Waals surface area (Å²) in [6.45, 7) is 6.82. The van der Waals surface area contributed by atoms with E-state index in [1.165, 1.54) is 27.8 Å². The van der Waals surface area contributed by atoms with Crippen LogP contribution in [0.5, 0.6) is 0 Å². The smallest absolute Gasteiger partial charge is 0.0423 e. The fourth-order valence-electron chi connectivity index (χ4n) is 4.69. The third-order valence-corrected chi connectivity index (χ3v) is 7.04. The van der Waals surface area contributed by atoms with Gasteiger partial charge in [0.25, 0.3) is 0 Å². The molecule has 0 spiro atoms. The molecule has 0 aliphatic heterocycles. The molecule has 0 saturated carbocycles. The Morgan fingerprint density at radius 3 is 0.714 bits per heavy atom. The highest BCUT2D eigenvalue weighted by Crippen LogP contribution is 2.38. The first-order valence-electron chi connectivity index (χ1n) is 12.3. The zero-order valence-electron chi connectivity index (χ0n) is 20.9. The molecule has 0 heterocycles. The Bertz CT molecular complexity index is 1130. The van der Waals surface area contributed by atoms with Crippen molar-refractivity contribution < 1.29 is 0 Å². The highest BCUT2D eigenvalue weighted by Gasteiger charge is 2.30. The lowest BCUT2D eigenvalue weighted by Crippen LogP contribution is -2.25. The Morgan fingerprint density at radius 2 is 0.486 bits per heavy atom. The Morgan fingerprint density at radius 1 is 0.286 bits per heavy atom. The predicted octanol–water partition coefficient (Wildman–Crippen LogP) is 9.05. The Labute approximate surface area is 210 Å². The topological polar surface area (TPSA) is 0 Å². The minimum atomic E-state index is -0.121. The first-order valence-corrected chi connectivity index (χ1v) is 12.3. The van der Waals surface area contributed by atoms with Gasteiger partial charge in [0.2, 0.25) is 0 Å². The van der Waals surface area contributed by atoms with E-state index in [4.69, 9.17) is 0 Å². The maximum Gasteiger partial charge on any atom is 0.0423 e. The SMILES string of the molecule is CC(C)(c1ccccc1)c1ccccc1.CC(c1ccccc1)(c1ccccc1)c1ccccc1. The van der Waals surface area contributed by atoms with Crippen LogP contribution in [-0.2, 0) is 10.8 Å². The molecule has 0 fully saturated rings. The van der Waals surface area contributed by atoms with Gasteiger partial charge in [-0.25, -0.2) is 0 Å². The molecular weight excluding hydrogens is 420 g/mol. The fraction of sp³-hybridized carbons (Fsp3) is 0.143. The van der Waals surface area contributed by atoms with Crippen molar-refractivity contribution >= 4 is 0 Å². The van der Waals surface area contributed by atoms with Crippen molar-refractivity contribution in [1.29, 1.82) is 0 Å². The molecule has 0 unspecified atom stereocenters. The number of hydrogen-bond acceptors (Lipinski definition) is 0.